The number of hydrogen-bond donors (Lipinski definition) is 1. The summed E-state index contributed by atoms with van der Waals surface area (Å²) in [6.07, 6.45) is 0. The van der Waals surface area contributed by atoms with Gasteiger partial charge in [-0.3, -0.25) is 4.79 Å². The van der Waals surface area contributed by atoms with Gasteiger partial charge in [-0.1, -0.05) is 40.8 Å². The fraction of sp³-hybridized carbons (Fsp3) is 0.308. The number of carbonyl (C=O) groups is 1. The van der Waals surface area contributed by atoms with Crippen molar-refractivity contribution in [2.75, 3.05) is 18.9 Å². The quantitative estimate of drug-likeness (QED) is 0.627. The van der Waals surface area contributed by atoms with E-state index in [0.717, 1.165) is 10.1 Å². The molecule has 0 aliphatic carbocycles. The summed E-state index contributed by atoms with van der Waals surface area (Å²) in [5, 5.41) is 10.4. The predicted octanol–water partition coefficient (Wildman–Crippen LogP) is 2.13. The number of ether oxygens (including phenoxy) is 1. The van der Waals surface area contributed by atoms with Gasteiger partial charge in [0.2, 0.25) is 5.91 Å². The number of amides is 1. The highest BCUT2D eigenvalue weighted by atomic mass is 32.2. The number of aryl methyl sites for hydroxylation is 1. The average molecular weight is 309 g/mol. The van der Waals surface area contributed by atoms with Crippen LogP contribution in [0.25, 0.3) is 0 Å². The van der Waals surface area contributed by atoms with E-state index in [0.29, 0.717) is 18.9 Å². The molecule has 2 aromatic rings. The Labute approximate surface area is 125 Å². The Morgan fingerprint density at radius 1 is 1.40 bits per heavy atom. The third-order valence-corrected chi connectivity index (χ3v) is 4.24. The second-order valence-electron chi connectivity index (χ2n) is 4.00. The Bertz CT molecular complexity index is 529. The number of nitrogens with zero attached hydrogens (tertiary/aromatic N) is 2. The number of nitrogens with one attached hydrogen (secondary N) is 1. The summed E-state index contributed by atoms with van der Waals surface area (Å²) in [4.78, 5) is 11.6. The van der Waals surface area contributed by atoms with E-state index in [-0.39, 0.29) is 5.91 Å². The molecule has 20 heavy (non-hydrogen) atoms. The predicted molar refractivity (Wildman–Crippen MR) is 80.3 cm³/mol. The van der Waals surface area contributed by atoms with E-state index in [1.807, 2.05) is 31.2 Å². The summed E-state index contributed by atoms with van der Waals surface area (Å²) in [7, 11) is 0. The average Bonchev–Trinajstić information content (AvgIpc) is 2.96. The Kier molecular flexibility index (Phi) is 5.82. The fourth-order valence-corrected chi connectivity index (χ4v) is 2.72. The zero-order valence-corrected chi connectivity index (χ0v) is 12.7. The first kappa shape index (κ1) is 14.8. The van der Waals surface area contributed by atoms with Crippen molar-refractivity contribution in [2.45, 2.75) is 11.3 Å². The van der Waals surface area contributed by atoms with E-state index in [9.17, 15) is 4.79 Å². The van der Waals surface area contributed by atoms with E-state index in [2.05, 4.69) is 15.5 Å². The Balaban J connectivity index is 1.58. The molecule has 2 rings (SSSR count). The van der Waals surface area contributed by atoms with Crippen LogP contribution >= 0.6 is 23.1 Å². The topological polar surface area (TPSA) is 64.1 Å². The number of hydrogen-bond acceptors (Lipinski definition) is 6. The molecule has 1 aromatic heterocycles. The van der Waals surface area contributed by atoms with Crippen LogP contribution in [-0.4, -0.2) is 35.0 Å². The van der Waals surface area contributed by atoms with Crippen molar-refractivity contribution < 1.29 is 9.53 Å². The van der Waals surface area contributed by atoms with Gasteiger partial charge in [0, 0.05) is 0 Å². The van der Waals surface area contributed by atoms with Crippen LogP contribution in [0.4, 0.5) is 0 Å². The van der Waals surface area contributed by atoms with Crippen molar-refractivity contribution in [1.82, 2.24) is 15.5 Å². The maximum absolute atomic E-state index is 11.6. The number of aromatic nitrogens is 2. The third-order valence-electron chi connectivity index (χ3n) is 2.38. The van der Waals surface area contributed by atoms with E-state index < -0.39 is 0 Å². The molecule has 0 saturated carbocycles. The fourth-order valence-electron chi connectivity index (χ4n) is 1.40. The summed E-state index contributed by atoms with van der Waals surface area (Å²) in [6.45, 7) is 2.97. The van der Waals surface area contributed by atoms with Crippen LogP contribution in [0.2, 0.25) is 0 Å². The third kappa shape index (κ3) is 5.18. The summed E-state index contributed by atoms with van der Waals surface area (Å²) in [5.74, 6) is 1.13. The van der Waals surface area contributed by atoms with Gasteiger partial charge in [-0.15, -0.1) is 10.2 Å². The summed E-state index contributed by atoms with van der Waals surface area (Å²) >= 11 is 2.81. The Morgan fingerprint density at radius 2 is 2.20 bits per heavy atom. The van der Waals surface area contributed by atoms with E-state index >= 15 is 0 Å². The molecule has 1 amide bonds. The lowest BCUT2D eigenvalue weighted by molar-refractivity contribution is -0.118. The minimum Gasteiger partial charge on any atom is -0.492 e. The zero-order chi connectivity index (χ0) is 14.2. The number of benzene rings is 1. The van der Waals surface area contributed by atoms with Crippen molar-refractivity contribution in [1.29, 1.82) is 0 Å². The number of carbonyl (C=O) groups excluding carboxylic acids is 1. The number of thioether (sulfide) groups is 1. The largest absolute Gasteiger partial charge is 0.492 e. The first-order chi connectivity index (χ1) is 9.74. The van der Waals surface area contributed by atoms with Gasteiger partial charge < -0.3 is 10.1 Å². The van der Waals surface area contributed by atoms with Crippen molar-refractivity contribution in [3.05, 3.63) is 35.3 Å². The van der Waals surface area contributed by atoms with Gasteiger partial charge in [0.25, 0.3) is 0 Å². The Morgan fingerprint density at radius 3 is 2.90 bits per heavy atom. The van der Waals surface area contributed by atoms with Crippen LogP contribution in [0.1, 0.15) is 5.56 Å². The molecule has 0 fully saturated rings. The molecular weight excluding hydrogens is 294 g/mol. The minimum atomic E-state index is -0.0299. The molecule has 1 N–H and O–H groups in total. The molecular formula is C13H15N3O2S2. The van der Waals surface area contributed by atoms with Crippen molar-refractivity contribution in [3.8, 4) is 5.75 Å². The highest BCUT2D eigenvalue weighted by molar-refractivity contribution is 8.01. The summed E-state index contributed by atoms with van der Waals surface area (Å²) < 4.78 is 6.32. The first-order valence-electron chi connectivity index (χ1n) is 6.09. The number of rotatable bonds is 7. The van der Waals surface area contributed by atoms with Gasteiger partial charge in [0.15, 0.2) is 4.34 Å². The van der Waals surface area contributed by atoms with Crippen LogP contribution in [0.5, 0.6) is 5.75 Å². The van der Waals surface area contributed by atoms with Gasteiger partial charge in [0.1, 0.15) is 17.9 Å². The summed E-state index contributed by atoms with van der Waals surface area (Å²) in [6, 6.07) is 7.82. The maximum atomic E-state index is 11.6. The lowest BCUT2D eigenvalue weighted by Gasteiger charge is -2.07. The zero-order valence-electron chi connectivity index (χ0n) is 11.0. The highest BCUT2D eigenvalue weighted by Gasteiger charge is 2.04. The molecule has 7 heteroatoms. The minimum absolute atomic E-state index is 0.0299. The van der Waals surface area contributed by atoms with Crippen LogP contribution in [0, 0.1) is 6.92 Å². The molecule has 1 heterocycles. The lowest BCUT2D eigenvalue weighted by Crippen LogP contribution is -2.29. The van der Waals surface area contributed by atoms with Crippen LogP contribution in [0.3, 0.4) is 0 Å². The van der Waals surface area contributed by atoms with Crippen molar-refractivity contribution in [2.24, 2.45) is 0 Å². The first-order valence-corrected chi connectivity index (χ1v) is 7.96. The monoisotopic (exact) mass is 309 g/mol. The van der Waals surface area contributed by atoms with Gasteiger partial charge in [-0.05, 0) is 19.1 Å². The molecule has 0 unspecified atom stereocenters. The molecule has 1 aromatic carbocycles. The standard InChI is InChI=1S/C13H15N3O2S2/c1-10-2-4-11(5-3-10)18-7-6-14-12(17)8-19-13-16-15-9-20-13/h2-5,9H,6-8H2,1H3,(H,14,17). The van der Waals surface area contributed by atoms with Gasteiger partial charge in [-0.2, -0.15) is 0 Å². The molecule has 0 atom stereocenters. The van der Waals surface area contributed by atoms with Crippen molar-refractivity contribution >= 4 is 29.0 Å². The van der Waals surface area contributed by atoms with E-state index in [1.54, 1.807) is 5.51 Å². The molecule has 0 saturated heterocycles. The van der Waals surface area contributed by atoms with Crippen LogP contribution in [-0.2, 0) is 4.79 Å². The summed E-state index contributed by atoms with van der Waals surface area (Å²) in [5.41, 5.74) is 2.84. The molecule has 0 radical (unpaired) electrons. The van der Waals surface area contributed by atoms with E-state index in [1.165, 1.54) is 28.7 Å². The van der Waals surface area contributed by atoms with Crippen LogP contribution < -0.4 is 10.1 Å². The second-order valence-corrected chi connectivity index (χ2v) is 6.06. The molecule has 0 spiro atoms. The normalized spacial score (nSPS) is 10.2. The molecule has 5 nitrogen and oxygen atoms in total. The molecule has 0 aliphatic heterocycles. The maximum Gasteiger partial charge on any atom is 0.230 e. The van der Waals surface area contributed by atoms with Crippen molar-refractivity contribution in [3.63, 3.8) is 0 Å². The second kappa shape index (κ2) is 7.86. The smallest absolute Gasteiger partial charge is 0.230 e. The van der Waals surface area contributed by atoms with Crippen LogP contribution in [0.15, 0.2) is 34.1 Å². The molecule has 0 aliphatic rings. The molecule has 106 valence electrons. The lowest BCUT2D eigenvalue weighted by atomic mass is 10.2. The van der Waals surface area contributed by atoms with Gasteiger partial charge in [0.05, 0.1) is 12.3 Å². The van der Waals surface area contributed by atoms with E-state index in [4.69, 9.17) is 4.74 Å². The van der Waals surface area contributed by atoms with Gasteiger partial charge in [-0.25, -0.2) is 0 Å². The Hall–Kier alpha value is -1.60. The van der Waals surface area contributed by atoms with Gasteiger partial charge >= 0.3 is 0 Å². The molecule has 0 bridgehead atoms. The SMILES string of the molecule is Cc1ccc(OCCNC(=O)CSc2nncs2)cc1. The highest BCUT2D eigenvalue weighted by Crippen LogP contribution is 2.18.